The van der Waals surface area contributed by atoms with Gasteiger partial charge in [-0.3, -0.25) is 0 Å². The number of nitrogens with one attached hydrogen (secondary N) is 1. The number of carboxylic acids is 1. The van der Waals surface area contributed by atoms with E-state index in [1.165, 1.54) is 0 Å². The van der Waals surface area contributed by atoms with Gasteiger partial charge in [-0.1, -0.05) is 52.9 Å². The Morgan fingerprint density at radius 1 is 1.33 bits per heavy atom. The van der Waals surface area contributed by atoms with Crippen molar-refractivity contribution in [3.63, 3.8) is 0 Å². The van der Waals surface area contributed by atoms with Crippen LogP contribution in [0, 0.1) is 5.92 Å². The van der Waals surface area contributed by atoms with Gasteiger partial charge < -0.3 is 15.2 Å². The first-order valence-electron chi connectivity index (χ1n) is 8.92. The fourth-order valence-corrected chi connectivity index (χ4v) is 4.57. The molecule has 4 nitrogen and oxygen atoms in total. The molecule has 2 aromatic carbocycles. The van der Waals surface area contributed by atoms with E-state index in [-0.39, 0.29) is 12.0 Å². The Kier molecular flexibility index (Phi) is 4.79. The van der Waals surface area contributed by atoms with Crippen LogP contribution in [0.5, 0.6) is 5.75 Å². The molecule has 27 heavy (non-hydrogen) atoms. The van der Waals surface area contributed by atoms with Gasteiger partial charge in [0.15, 0.2) is 0 Å². The van der Waals surface area contributed by atoms with E-state index in [0.717, 1.165) is 33.5 Å². The van der Waals surface area contributed by atoms with E-state index in [4.69, 9.17) is 4.74 Å². The lowest BCUT2D eigenvalue weighted by Gasteiger charge is -2.38. The van der Waals surface area contributed by atoms with Gasteiger partial charge in [-0.05, 0) is 47.7 Å². The number of allylic oxidation sites excluding steroid dienone is 2. The lowest BCUT2D eigenvalue weighted by atomic mass is 9.76. The standard InChI is InChI=1S/C22H20BrNO3/c1-2-10-27-15-8-6-13(7-9-15)20-17-5-3-4-16(17)18-11-14(23)12-19(22(25)26)21(18)24-20/h2-4,6-9,11-12,16-17,20,24H,1,5,10H2,(H,25,26)/t16-,17+,20+/m1/s1. The minimum absolute atomic E-state index is 0.0465. The molecule has 1 heterocycles. The Morgan fingerprint density at radius 3 is 2.81 bits per heavy atom. The van der Waals surface area contributed by atoms with Crippen LogP contribution in [0.25, 0.3) is 0 Å². The van der Waals surface area contributed by atoms with Crippen LogP contribution in [0.3, 0.4) is 0 Å². The predicted octanol–water partition coefficient (Wildman–Crippen LogP) is 5.54. The van der Waals surface area contributed by atoms with Gasteiger partial charge in [0.1, 0.15) is 12.4 Å². The first-order chi connectivity index (χ1) is 13.1. The van der Waals surface area contributed by atoms with Gasteiger partial charge in [0.25, 0.3) is 0 Å². The molecule has 138 valence electrons. The maximum atomic E-state index is 11.8. The van der Waals surface area contributed by atoms with Gasteiger partial charge in [-0.2, -0.15) is 0 Å². The summed E-state index contributed by atoms with van der Waals surface area (Å²) in [6.07, 6.45) is 7.08. The van der Waals surface area contributed by atoms with E-state index in [2.05, 4.69) is 52.1 Å². The van der Waals surface area contributed by atoms with E-state index in [0.29, 0.717) is 18.1 Å². The predicted molar refractivity (Wildman–Crippen MR) is 110 cm³/mol. The summed E-state index contributed by atoms with van der Waals surface area (Å²) in [7, 11) is 0. The van der Waals surface area contributed by atoms with Crippen molar-refractivity contribution in [1.29, 1.82) is 0 Å². The van der Waals surface area contributed by atoms with Crippen molar-refractivity contribution in [3.05, 3.63) is 82.4 Å². The van der Waals surface area contributed by atoms with Crippen molar-refractivity contribution in [1.82, 2.24) is 0 Å². The van der Waals surface area contributed by atoms with E-state index in [1.807, 2.05) is 18.2 Å². The first kappa shape index (κ1) is 17.9. The quantitative estimate of drug-likeness (QED) is 0.617. The Hall–Kier alpha value is -2.53. The Balaban J connectivity index is 1.73. The topological polar surface area (TPSA) is 58.6 Å². The molecule has 5 heteroatoms. The SMILES string of the molecule is C=CCOc1ccc([C@@H]2Nc3c(C(=O)O)cc(Br)cc3[C@@H]3C=CC[C@@H]32)cc1. The van der Waals surface area contributed by atoms with Crippen LogP contribution in [0.2, 0.25) is 0 Å². The van der Waals surface area contributed by atoms with E-state index in [9.17, 15) is 9.90 Å². The smallest absolute Gasteiger partial charge is 0.337 e. The summed E-state index contributed by atoms with van der Waals surface area (Å²) >= 11 is 3.46. The average molecular weight is 426 g/mol. The second kappa shape index (κ2) is 7.24. The number of carbonyl (C=O) groups is 1. The minimum Gasteiger partial charge on any atom is -0.490 e. The number of aromatic carboxylic acids is 1. The summed E-state index contributed by atoms with van der Waals surface area (Å²) in [4.78, 5) is 11.8. The molecule has 0 radical (unpaired) electrons. The Morgan fingerprint density at radius 2 is 2.11 bits per heavy atom. The molecule has 0 amide bonds. The van der Waals surface area contributed by atoms with Gasteiger partial charge in [0, 0.05) is 10.4 Å². The number of carboxylic acid groups (broad SMARTS) is 1. The summed E-state index contributed by atoms with van der Waals surface area (Å²) in [6, 6.07) is 11.7. The molecule has 1 aliphatic heterocycles. The maximum absolute atomic E-state index is 11.8. The molecule has 3 atom stereocenters. The molecule has 2 aliphatic rings. The van der Waals surface area contributed by atoms with Gasteiger partial charge >= 0.3 is 5.97 Å². The molecule has 0 bridgehead atoms. The van der Waals surface area contributed by atoms with Gasteiger partial charge in [0.2, 0.25) is 0 Å². The molecule has 0 unspecified atom stereocenters. The van der Waals surface area contributed by atoms with Crippen LogP contribution in [0.1, 0.15) is 39.9 Å². The fraction of sp³-hybridized carbons (Fsp3) is 0.227. The first-order valence-corrected chi connectivity index (χ1v) is 9.71. The van der Waals surface area contributed by atoms with Crippen molar-refractivity contribution < 1.29 is 14.6 Å². The van der Waals surface area contributed by atoms with Crippen LogP contribution < -0.4 is 10.1 Å². The van der Waals surface area contributed by atoms with Gasteiger partial charge in [-0.25, -0.2) is 4.79 Å². The van der Waals surface area contributed by atoms with Crippen molar-refractivity contribution in [2.24, 2.45) is 5.92 Å². The molecule has 2 N–H and O–H groups in total. The summed E-state index contributed by atoms with van der Waals surface area (Å²) in [5, 5.41) is 13.2. The number of hydrogen-bond donors (Lipinski definition) is 2. The molecule has 0 saturated heterocycles. The number of anilines is 1. The van der Waals surface area contributed by atoms with E-state index >= 15 is 0 Å². The maximum Gasteiger partial charge on any atom is 0.337 e. The third-order valence-electron chi connectivity index (χ3n) is 5.27. The monoisotopic (exact) mass is 425 g/mol. The molecular formula is C22H20BrNO3. The van der Waals surface area contributed by atoms with E-state index < -0.39 is 5.97 Å². The van der Waals surface area contributed by atoms with Crippen molar-refractivity contribution in [2.45, 2.75) is 18.4 Å². The zero-order chi connectivity index (χ0) is 19.0. The summed E-state index contributed by atoms with van der Waals surface area (Å²) in [5.41, 5.74) is 3.19. The zero-order valence-corrected chi connectivity index (χ0v) is 16.3. The van der Waals surface area contributed by atoms with Crippen molar-refractivity contribution in [2.75, 3.05) is 11.9 Å². The molecule has 0 fully saturated rings. The molecule has 0 aromatic heterocycles. The second-order valence-corrected chi connectivity index (χ2v) is 7.78. The van der Waals surface area contributed by atoms with Crippen LogP contribution in [0.15, 0.2) is 65.7 Å². The highest BCUT2D eigenvalue weighted by atomic mass is 79.9. The lowest BCUT2D eigenvalue weighted by Crippen LogP contribution is -2.30. The van der Waals surface area contributed by atoms with Crippen LogP contribution in [-0.4, -0.2) is 17.7 Å². The summed E-state index contributed by atoms with van der Waals surface area (Å²) < 4.78 is 6.36. The third kappa shape index (κ3) is 3.28. The van der Waals surface area contributed by atoms with Gasteiger partial charge in [-0.15, -0.1) is 0 Å². The minimum atomic E-state index is -0.924. The van der Waals surface area contributed by atoms with Crippen LogP contribution in [-0.2, 0) is 0 Å². The largest absolute Gasteiger partial charge is 0.490 e. The number of rotatable bonds is 5. The van der Waals surface area contributed by atoms with Crippen molar-refractivity contribution >= 4 is 27.6 Å². The summed E-state index contributed by atoms with van der Waals surface area (Å²) in [6.45, 7) is 4.13. The lowest BCUT2D eigenvalue weighted by molar-refractivity contribution is 0.0697. The number of hydrogen-bond acceptors (Lipinski definition) is 3. The fourth-order valence-electron chi connectivity index (χ4n) is 4.09. The molecule has 4 rings (SSSR count). The highest BCUT2D eigenvalue weighted by Crippen LogP contribution is 2.51. The normalized spacial score (nSPS) is 22.5. The second-order valence-electron chi connectivity index (χ2n) is 6.87. The summed E-state index contributed by atoms with van der Waals surface area (Å²) in [5.74, 6) is 0.436. The third-order valence-corrected chi connectivity index (χ3v) is 5.73. The van der Waals surface area contributed by atoms with Crippen LogP contribution in [0.4, 0.5) is 5.69 Å². The Bertz CT molecular complexity index is 920. The molecule has 1 aliphatic carbocycles. The zero-order valence-electron chi connectivity index (χ0n) is 14.7. The van der Waals surface area contributed by atoms with E-state index in [1.54, 1.807) is 12.1 Å². The van der Waals surface area contributed by atoms with Crippen LogP contribution >= 0.6 is 15.9 Å². The highest BCUT2D eigenvalue weighted by molar-refractivity contribution is 9.10. The number of ether oxygens (including phenoxy) is 1. The number of fused-ring (bicyclic) bond motifs is 3. The highest BCUT2D eigenvalue weighted by Gasteiger charge is 2.39. The van der Waals surface area contributed by atoms with Gasteiger partial charge in [0.05, 0.1) is 17.3 Å². The molecule has 0 saturated carbocycles. The molecule has 0 spiro atoms. The Labute approximate surface area is 166 Å². The van der Waals surface area contributed by atoms with Crippen molar-refractivity contribution in [3.8, 4) is 5.75 Å². The molecule has 2 aromatic rings. The average Bonchev–Trinajstić information content (AvgIpc) is 3.16. The molecular weight excluding hydrogens is 406 g/mol. The number of halogens is 1. The number of benzene rings is 2.